The molecule has 0 bridgehead atoms. The number of nitrogens with one attached hydrogen (secondary N) is 1. The van der Waals surface area contributed by atoms with Crippen molar-refractivity contribution in [3.8, 4) is 5.75 Å². The standard InChI is InChI=1S/C15H25N3O2/c1-11(2)7-8-17-15(16)18-10-14(19)12-5-4-6-13(9-12)20-3/h4-6,9,11,14,19H,7-8,10H2,1-3H3,(H3,16,17,18). The van der Waals surface area contributed by atoms with E-state index < -0.39 is 6.10 Å². The fourth-order valence-electron chi connectivity index (χ4n) is 1.68. The first-order chi connectivity index (χ1) is 9.52. The molecule has 4 N–H and O–H groups in total. The molecule has 0 saturated carbocycles. The Morgan fingerprint density at radius 1 is 1.45 bits per heavy atom. The van der Waals surface area contributed by atoms with E-state index in [9.17, 15) is 5.11 Å². The molecule has 0 heterocycles. The highest BCUT2D eigenvalue weighted by Crippen LogP contribution is 2.19. The van der Waals surface area contributed by atoms with E-state index in [4.69, 9.17) is 10.5 Å². The van der Waals surface area contributed by atoms with Gasteiger partial charge in [0.1, 0.15) is 5.75 Å². The highest BCUT2D eigenvalue weighted by molar-refractivity contribution is 5.77. The van der Waals surface area contributed by atoms with Gasteiger partial charge in [0.25, 0.3) is 0 Å². The zero-order valence-corrected chi connectivity index (χ0v) is 12.5. The number of ether oxygens (including phenoxy) is 1. The lowest BCUT2D eigenvalue weighted by Gasteiger charge is -2.11. The van der Waals surface area contributed by atoms with Crippen LogP contribution in [0.3, 0.4) is 0 Å². The Hall–Kier alpha value is -1.75. The minimum Gasteiger partial charge on any atom is -0.497 e. The Bertz CT molecular complexity index is 433. The third-order valence-corrected chi connectivity index (χ3v) is 2.94. The van der Waals surface area contributed by atoms with Gasteiger partial charge >= 0.3 is 0 Å². The predicted molar refractivity (Wildman–Crippen MR) is 81.9 cm³/mol. The molecule has 0 spiro atoms. The van der Waals surface area contributed by atoms with Gasteiger partial charge < -0.3 is 20.9 Å². The third kappa shape index (κ3) is 5.93. The van der Waals surface area contributed by atoms with Crippen LogP contribution in [0.15, 0.2) is 29.3 Å². The molecule has 0 aromatic heterocycles. The molecule has 0 radical (unpaired) electrons. The van der Waals surface area contributed by atoms with E-state index in [0.717, 1.165) is 18.5 Å². The molecule has 0 aliphatic heterocycles. The topological polar surface area (TPSA) is 79.9 Å². The molecule has 5 nitrogen and oxygen atoms in total. The Morgan fingerprint density at radius 3 is 2.85 bits per heavy atom. The van der Waals surface area contributed by atoms with Gasteiger partial charge in [-0.2, -0.15) is 0 Å². The highest BCUT2D eigenvalue weighted by Gasteiger charge is 2.07. The summed E-state index contributed by atoms with van der Waals surface area (Å²) >= 11 is 0. The molecule has 0 amide bonds. The summed E-state index contributed by atoms with van der Waals surface area (Å²) in [4.78, 5) is 4.15. The summed E-state index contributed by atoms with van der Waals surface area (Å²) in [5.74, 6) is 1.71. The van der Waals surface area contributed by atoms with Gasteiger partial charge in [-0.15, -0.1) is 0 Å². The zero-order chi connectivity index (χ0) is 15.0. The maximum atomic E-state index is 10.1. The first-order valence-electron chi connectivity index (χ1n) is 6.88. The van der Waals surface area contributed by atoms with Crippen LogP contribution in [0, 0.1) is 5.92 Å². The number of aliphatic hydroxyl groups excluding tert-OH is 1. The van der Waals surface area contributed by atoms with E-state index in [2.05, 4.69) is 24.2 Å². The number of rotatable bonds is 7. The first kappa shape index (κ1) is 16.3. The van der Waals surface area contributed by atoms with Gasteiger partial charge in [-0.05, 0) is 30.0 Å². The lowest BCUT2D eigenvalue weighted by atomic mass is 10.1. The van der Waals surface area contributed by atoms with E-state index in [0.29, 0.717) is 17.6 Å². The molecular weight excluding hydrogens is 254 g/mol. The summed E-state index contributed by atoms with van der Waals surface area (Å²) in [6, 6.07) is 7.31. The van der Waals surface area contributed by atoms with Gasteiger partial charge in [0.05, 0.1) is 19.8 Å². The van der Waals surface area contributed by atoms with E-state index in [1.54, 1.807) is 13.2 Å². The average molecular weight is 279 g/mol. The van der Waals surface area contributed by atoms with Crippen molar-refractivity contribution < 1.29 is 9.84 Å². The van der Waals surface area contributed by atoms with Gasteiger partial charge in [-0.25, -0.2) is 0 Å². The molecule has 1 rings (SSSR count). The summed E-state index contributed by atoms with van der Waals surface area (Å²) in [7, 11) is 1.60. The SMILES string of the molecule is COc1cccc(C(O)CN=C(N)NCCC(C)C)c1. The van der Waals surface area contributed by atoms with E-state index in [1.165, 1.54) is 0 Å². The number of hydrogen-bond acceptors (Lipinski definition) is 3. The summed E-state index contributed by atoms with van der Waals surface area (Å²) < 4.78 is 5.12. The van der Waals surface area contributed by atoms with Crippen molar-refractivity contribution in [1.29, 1.82) is 0 Å². The Balaban J connectivity index is 2.46. The monoisotopic (exact) mass is 279 g/mol. The van der Waals surface area contributed by atoms with Crippen LogP contribution < -0.4 is 15.8 Å². The van der Waals surface area contributed by atoms with Crippen LogP contribution in [0.25, 0.3) is 0 Å². The number of hydrogen-bond donors (Lipinski definition) is 3. The number of benzene rings is 1. The number of nitrogens with zero attached hydrogens (tertiary/aromatic N) is 1. The number of guanidine groups is 1. The van der Waals surface area contributed by atoms with Crippen LogP contribution in [-0.2, 0) is 0 Å². The summed E-state index contributed by atoms with van der Waals surface area (Å²) in [6.07, 6.45) is 0.352. The van der Waals surface area contributed by atoms with Crippen LogP contribution in [0.4, 0.5) is 0 Å². The number of methoxy groups -OCH3 is 1. The maximum Gasteiger partial charge on any atom is 0.188 e. The lowest BCUT2D eigenvalue weighted by Crippen LogP contribution is -2.33. The van der Waals surface area contributed by atoms with Crippen molar-refractivity contribution in [3.63, 3.8) is 0 Å². The smallest absolute Gasteiger partial charge is 0.188 e. The van der Waals surface area contributed by atoms with Crippen LogP contribution in [0.2, 0.25) is 0 Å². The molecule has 0 saturated heterocycles. The van der Waals surface area contributed by atoms with Crippen LogP contribution in [-0.4, -0.2) is 31.3 Å². The molecule has 5 heteroatoms. The maximum absolute atomic E-state index is 10.1. The van der Waals surface area contributed by atoms with Gasteiger partial charge in [-0.1, -0.05) is 26.0 Å². The number of nitrogens with two attached hydrogens (primary N) is 1. The quantitative estimate of drug-likeness (QED) is 0.524. The normalized spacial score (nSPS) is 13.3. The summed E-state index contributed by atoms with van der Waals surface area (Å²) in [5.41, 5.74) is 6.51. The van der Waals surface area contributed by atoms with Crippen molar-refractivity contribution >= 4 is 5.96 Å². The number of aliphatic hydroxyl groups is 1. The van der Waals surface area contributed by atoms with Crippen LogP contribution in [0.1, 0.15) is 31.9 Å². The fourth-order valence-corrected chi connectivity index (χ4v) is 1.68. The van der Waals surface area contributed by atoms with Crippen LogP contribution >= 0.6 is 0 Å². The average Bonchev–Trinajstić information content (AvgIpc) is 2.44. The Kier molecular flexibility index (Phi) is 6.87. The lowest BCUT2D eigenvalue weighted by molar-refractivity contribution is 0.186. The van der Waals surface area contributed by atoms with E-state index in [-0.39, 0.29) is 6.54 Å². The predicted octanol–water partition coefficient (Wildman–Crippen LogP) is 1.68. The van der Waals surface area contributed by atoms with Gasteiger partial charge in [0, 0.05) is 6.54 Å². The Morgan fingerprint density at radius 2 is 2.20 bits per heavy atom. The molecule has 1 atom stereocenters. The summed E-state index contributed by atoms with van der Waals surface area (Å²) in [5, 5.41) is 13.1. The fraction of sp³-hybridized carbons (Fsp3) is 0.533. The second-order valence-electron chi connectivity index (χ2n) is 5.13. The van der Waals surface area contributed by atoms with Crippen molar-refractivity contribution in [2.45, 2.75) is 26.4 Å². The molecular formula is C15H25N3O2. The van der Waals surface area contributed by atoms with Crippen LogP contribution in [0.5, 0.6) is 5.75 Å². The highest BCUT2D eigenvalue weighted by atomic mass is 16.5. The largest absolute Gasteiger partial charge is 0.497 e. The van der Waals surface area contributed by atoms with Gasteiger partial charge in [0.15, 0.2) is 5.96 Å². The minimum absolute atomic E-state index is 0.230. The van der Waals surface area contributed by atoms with E-state index >= 15 is 0 Å². The molecule has 112 valence electrons. The molecule has 1 aromatic rings. The molecule has 0 aliphatic carbocycles. The van der Waals surface area contributed by atoms with Crippen molar-refractivity contribution in [1.82, 2.24) is 5.32 Å². The third-order valence-electron chi connectivity index (χ3n) is 2.94. The van der Waals surface area contributed by atoms with Gasteiger partial charge in [0.2, 0.25) is 0 Å². The summed E-state index contributed by atoms with van der Waals surface area (Å²) in [6.45, 7) is 5.33. The van der Waals surface area contributed by atoms with Crippen molar-refractivity contribution in [2.75, 3.05) is 20.2 Å². The first-order valence-corrected chi connectivity index (χ1v) is 6.88. The Labute approximate surface area is 120 Å². The van der Waals surface area contributed by atoms with Crippen molar-refractivity contribution in [2.24, 2.45) is 16.6 Å². The second kappa shape index (κ2) is 8.43. The second-order valence-corrected chi connectivity index (χ2v) is 5.13. The van der Waals surface area contributed by atoms with Crippen molar-refractivity contribution in [3.05, 3.63) is 29.8 Å². The molecule has 0 aliphatic rings. The molecule has 1 unspecified atom stereocenters. The zero-order valence-electron chi connectivity index (χ0n) is 12.5. The molecule has 1 aromatic carbocycles. The minimum atomic E-state index is -0.685. The molecule has 20 heavy (non-hydrogen) atoms. The van der Waals surface area contributed by atoms with E-state index in [1.807, 2.05) is 18.2 Å². The van der Waals surface area contributed by atoms with Gasteiger partial charge in [-0.3, -0.25) is 4.99 Å². The number of aliphatic imine (C=N–C) groups is 1. The molecule has 0 fully saturated rings.